The van der Waals surface area contributed by atoms with Gasteiger partial charge in [-0.1, -0.05) is 108 Å². The van der Waals surface area contributed by atoms with Crippen LogP contribution in [0.15, 0.2) is 11.1 Å². The summed E-state index contributed by atoms with van der Waals surface area (Å²) in [6, 6.07) is 0. The van der Waals surface area contributed by atoms with Crippen molar-refractivity contribution in [3.8, 4) is 0 Å². The molecule has 0 N–H and O–H groups in total. The van der Waals surface area contributed by atoms with Crippen LogP contribution in [0.2, 0.25) is 0 Å². The summed E-state index contributed by atoms with van der Waals surface area (Å²) in [6.45, 7) is 40.8. The van der Waals surface area contributed by atoms with Gasteiger partial charge < -0.3 is 0 Å². The summed E-state index contributed by atoms with van der Waals surface area (Å²) in [5.74, 6) is 0. The summed E-state index contributed by atoms with van der Waals surface area (Å²) in [7, 11) is 0. The van der Waals surface area contributed by atoms with Gasteiger partial charge >= 0.3 is 0 Å². The van der Waals surface area contributed by atoms with Gasteiger partial charge in [0.05, 0.1) is 0 Å². The van der Waals surface area contributed by atoms with Crippen LogP contribution in [0.3, 0.4) is 0 Å². The SMILES string of the molecule is CC1=C(C)C(C)(C)C2(C)C(C)(C)C(C)(C)C(C)(C1(C)C)C(C)(C)C2(C)C. The van der Waals surface area contributed by atoms with Gasteiger partial charge in [0.2, 0.25) is 0 Å². The highest BCUT2D eigenvalue weighted by molar-refractivity contribution is 5.39. The van der Waals surface area contributed by atoms with Crippen LogP contribution in [-0.2, 0) is 0 Å². The highest BCUT2D eigenvalue weighted by atomic mass is 14.8. The Kier molecular flexibility index (Phi) is 4.09. The first-order chi connectivity index (χ1) is 11.1. The second kappa shape index (κ2) is 4.83. The Morgan fingerprint density at radius 1 is 0.346 bits per heavy atom. The van der Waals surface area contributed by atoms with E-state index in [0.717, 1.165) is 0 Å². The molecule has 1 fully saturated rings. The fourth-order valence-electron chi connectivity index (χ4n) is 8.88. The third-order valence-corrected chi connectivity index (χ3v) is 13.1. The zero-order chi connectivity index (χ0) is 21.2. The minimum absolute atomic E-state index is 0.123. The van der Waals surface area contributed by atoms with E-state index in [1.54, 1.807) is 11.1 Å². The van der Waals surface area contributed by atoms with E-state index in [-0.39, 0.29) is 43.3 Å². The molecule has 0 saturated heterocycles. The van der Waals surface area contributed by atoms with Crippen molar-refractivity contribution in [3.05, 3.63) is 11.1 Å². The van der Waals surface area contributed by atoms with Gasteiger partial charge in [0, 0.05) is 0 Å². The van der Waals surface area contributed by atoms with Crippen LogP contribution < -0.4 is 0 Å². The van der Waals surface area contributed by atoms with Crippen molar-refractivity contribution in [1.82, 2.24) is 0 Å². The maximum absolute atomic E-state index is 2.62. The molecule has 0 radical (unpaired) electrons. The van der Waals surface area contributed by atoms with Crippen molar-refractivity contribution in [3.63, 3.8) is 0 Å². The van der Waals surface area contributed by atoms with Gasteiger partial charge in [0.1, 0.15) is 0 Å². The topological polar surface area (TPSA) is 0 Å². The van der Waals surface area contributed by atoms with E-state index < -0.39 is 0 Å². The molecule has 0 spiro atoms. The van der Waals surface area contributed by atoms with Crippen molar-refractivity contribution < 1.29 is 0 Å². The van der Waals surface area contributed by atoms with E-state index in [4.69, 9.17) is 0 Å². The molecule has 1 saturated carbocycles. The minimum atomic E-state index is 0.123. The summed E-state index contributed by atoms with van der Waals surface area (Å²) in [5.41, 5.74) is 4.49. The van der Waals surface area contributed by atoms with E-state index >= 15 is 0 Å². The first-order valence-corrected chi connectivity index (χ1v) is 10.8. The molecule has 0 heteroatoms. The van der Waals surface area contributed by atoms with E-state index in [1.807, 2.05) is 0 Å². The molecule has 0 heterocycles. The Morgan fingerprint density at radius 2 is 0.500 bits per heavy atom. The van der Waals surface area contributed by atoms with Gasteiger partial charge in [-0.2, -0.15) is 0 Å². The molecule has 2 bridgehead atoms. The van der Waals surface area contributed by atoms with Crippen LogP contribution in [0, 0.1) is 43.3 Å². The predicted octanol–water partition coefficient (Wildman–Crippen LogP) is 8.52. The van der Waals surface area contributed by atoms with Crippen molar-refractivity contribution in [2.75, 3.05) is 0 Å². The fraction of sp³-hybridized carbons (Fsp3) is 0.923. The lowest BCUT2D eigenvalue weighted by atomic mass is 9.20. The molecular formula is C26H48. The zero-order valence-corrected chi connectivity index (χ0v) is 21.0. The highest BCUT2D eigenvalue weighted by Crippen LogP contribution is 2.86. The predicted molar refractivity (Wildman–Crippen MR) is 117 cm³/mol. The standard InChI is InChI=1S/C26H48/c1-17-18(2)20(5,6)26(16)23(11,12)21(7,8)25(15,19(17,3)4)22(9,10)24(26,13)14/h1-16H3. The zero-order valence-electron chi connectivity index (χ0n) is 21.0. The van der Waals surface area contributed by atoms with Gasteiger partial charge in [0.15, 0.2) is 0 Å². The van der Waals surface area contributed by atoms with Gasteiger partial charge in [-0.15, -0.1) is 0 Å². The lowest BCUT2D eigenvalue weighted by Crippen LogP contribution is -2.78. The number of fused-ring (bicyclic) bond motifs is 4. The average Bonchev–Trinajstić information content (AvgIpc) is 2.48. The molecule has 0 aromatic carbocycles. The first kappa shape index (κ1) is 22.0. The Morgan fingerprint density at radius 3 is 0.654 bits per heavy atom. The quantitative estimate of drug-likeness (QED) is 0.380. The van der Waals surface area contributed by atoms with Crippen LogP contribution in [0.4, 0.5) is 0 Å². The Balaban J connectivity index is 3.30. The molecule has 26 heavy (non-hydrogen) atoms. The number of rotatable bonds is 0. The molecule has 0 unspecified atom stereocenters. The van der Waals surface area contributed by atoms with Crippen molar-refractivity contribution >= 4 is 0 Å². The summed E-state index contributed by atoms with van der Waals surface area (Å²) in [4.78, 5) is 0. The van der Waals surface area contributed by atoms with Crippen LogP contribution >= 0.6 is 0 Å². The van der Waals surface area contributed by atoms with Gasteiger partial charge in [-0.3, -0.25) is 0 Å². The van der Waals surface area contributed by atoms with Gasteiger partial charge in [-0.05, 0) is 57.2 Å². The third kappa shape index (κ3) is 1.59. The molecule has 0 atom stereocenters. The average molecular weight is 361 g/mol. The molecule has 0 aromatic rings. The molecule has 0 nitrogen and oxygen atoms in total. The van der Waals surface area contributed by atoms with E-state index in [2.05, 4.69) is 111 Å². The van der Waals surface area contributed by atoms with Crippen LogP contribution in [0.5, 0.6) is 0 Å². The number of hydrogen-bond acceptors (Lipinski definition) is 0. The van der Waals surface area contributed by atoms with Crippen LogP contribution in [-0.4, -0.2) is 0 Å². The van der Waals surface area contributed by atoms with Crippen molar-refractivity contribution in [2.24, 2.45) is 43.3 Å². The van der Waals surface area contributed by atoms with E-state index in [1.165, 1.54) is 0 Å². The summed E-state index contributed by atoms with van der Waals surface area (Å²) < 4.78 is 0. The summed E-state index contributed by atoms with van der Waals surface area (Å²) >= 11 is 0. The van der Waals surface area contributed by atoms with E-state index in [9.17, 15) is 0 Å². The molecule has 152 valence electrons. The van der Waals surface area contributed by atoms with E-state index in [0.29, 0.717) is 0 Å². The largest absolute Gasteiger partial charge is 0.0676 e. The third-order valence-electron chi connectivity index (χ3n) is 13.1. The molecular weight excluding hydrogens is 312 g/mol. The van der Waals surface area contributed by atoms with Crippen molar-refractivity contribution in [2.45, 2.75) is 111 Å². The smallest absolute Gasteiger partial charge is 0.00803 e. The summed E-state index contributed by atoms with van der Waals surface area (Å²) in [6.07, 6.45) is 0. The molecule has 3 aliphatic carbocycles. The molecule has 3 rings (SSSR count). The second-order valence-electron chi connectivity index (χ2n) is 13.2. The lowest BCUT2D eigenvalue weighted by molar-refractivity contribution is -0.347. The molecule has 0 amide bonds. The van der Waals surface area contributed by atoms with Crippen molar-refractivity contribution in [1.29, 1.82) is 0 Å². The Labute approximate surface area is 165 Å². The molecule has 0 aliphatic heterocycles. The maximum Gasteiger partial charge on any atom is -0.00803 e. The lowest BCUT2D eigenvalue weighted by Gasteiger charge is -2.84. The van der Waals surface area contributed by atoms with Gasteiger partial charge in [-0.25, -0.2) is 0 Å². The highest BCUT2D eigenvalue weighted by Gasteiger charge is 2.80. The normalized spacial score (nSPS) is 41.5. The molecule has 0 aromatic heterocycles. The Bertz CT molecular complexity index is 572. The monoisotopic (exact) mass is 360 g/mol. The molecule has 3 aliphatic rings. The minimum Gasteiger partial charge on any atom is -0.0676 e. The fourth-order valence-corrected chi connectivity index (χ4v) is 8.88. The van der Waals surface area contributed by atoms with Crippen LogP contribution in [0.25, 0.3) is 0 Å². The van der Waals surface area contributed by atoms with Gasteiger partial charge in [0.25, 0.3) is 0 Å². The maximum atomic E-state index is 2.62. The number of allylic oxidation sites excluding steroid dienone is 2. The van der Waals surface area contributed by atoms with Crippen LogP contribution in [0.1, 0.15) is 111 Å². The first-order valence-electron chi connectivity index (χ1n) is 10.8. The number of hydrogen-bond donors (Lipinski definition) is 0. The second-order valence-corrected chi connectivity index (χ2v) is 13.2. The summed E-state index contributed by atoms with van der Waals surface area (Å²) in [5, 5.41) is 0. The Hall–Kier alpha value is -0.260.